The molecule has 0 radical (unpaired) electrons. The van der Waals surface area contributed by atoms with E-state index in [9.17, 15) is 4.79 Å². The molecule has 0 aliphatic heterocycles. The fourth-order valence-electron chi connectivity index (χ4n) is 1.27. The van der Waals surface area contributed by atoms with Gasteiger partial charge in [0.2, 0.25) is 5.91 Å². The van der Waals surface area contributed by atoms with E-state index in [2.05, 4.69) is 5.32 Å². The lowest BCUT2D eigenvalue weighted by Gasteiger charge is -2.09. The Hall–Kier alpha value is -1.33. The van der Waals surface area contributed by atoms with Crippen molar-refractivity contribution in [2.45, 2.75) is 32.4 Å². The van der Waals surface area contributed by atoms with Gasteiger partial charge in [0.1, 0.15) is 12.4 Å². The summed E-state index contributed by atoms with van der Waals surface area (Å²) in [6, 6.07) is 3.28. The van der Waals surface area contributed by atoms with Crippen LogP contribution in [0.2, 0.25) is 0 Å². The summed E-state index contributed by atoms with van der Waals surface area (Å²) in [4.78, 5) is 11.3. The van der Waals surface area contributed by atoms with Gasteiger partial charge in [0.25, 0.3) is 0 Å². The fourth-order valence-corrected chi connectivity index (χ4v) is 1.27. The van der Waals surface area contributed by atoms with E-state index < -0.39 is 6.04 Å². The van der Waals surface area contributed by atoms with Crippen LogP contribution in [0, 0.1) is 0 Å². The van der Waals surface area contributed by atoms with E-state index in [-0.39, 0.29) is 5.91 Å². The van der Waals surface area contributed by atoms with E-state index in [0.717, 1.165) is 12.2 Å². The molecule has 1 heterocycles. The molecular formula is C12H20N2O3. The summed E-state index contributed by atoms with van der Waals surface area (Å²) in [6.07, 6.45) is 3.04. The molecule has 17 heavy (non-hydrogen) atoms. The highest BCUT2D eigenvalue weighted by molar-refractivity contribution is 5.81. The van der Waals surface area contributed by atoms with E-state index >= 15 is 0 Å². The van der Waals surface area contributed by atoms with E-state index in [4.69, 9.17) is 14.9 Å². The van der Waals surface area contributed by atoms with Crippen LogP contribution in [-0.2, 0) is 16.1 Å². The summed E-state index contributed by atoms with van der Waals surface area (Å²) in [6.45, 7) is 3.53. The molecule has 1 amide bonds. The third-order valence-electron chi connectivity index (χ3n) is 2.37. The minimum Gasteiger partial charge on any atom is -0.467 e. The molecule has 1 rings (SSSR count). The number of furan rings is 1. The number of hydrogen-bond donors (Lipinski definition) is 2. The van der Waals surface area contributed by atoms with E-state index in [1.54, 1.807) is 6.26 Å². The highest BCUT2D eigenvalue weighted by Crippen LogP contribution is 2.01. The molecule has 0 saturated carbocycles. The van der Waals surface area contributed by atoms with Gasteiger partial charge >= 0.3 is 0 Å². The summed E-state index contributed by atoms with van der Waals surface area (Å²) in [5, 5.41) is 2.76. The number of nitrogens with two attached hydrogens (primary N) is 1. The Balaban J connectivity index is 1.96. The third kappa shape index (κ3) is 5.51. The molecule has 3 N–H and O–H groups in total. The molecule has 5 heteroatoms. The van der Waals surface area contributed by atoms with Gasteiger partial charge in [-0.2, -0.15) is 0 Å². The molecule has 0 fully saturated rings. The van der Waals surface area contributed by atoms with Gasteiger partial charge in [-0.05, 0) is 25.0 Å². The third-order valence-corrected chi connectivity index (χ3v) is 2.37. The Kier molecular flexibility index (Phi) is 6.35. The Morgan fingerprint density at radius 3 is 3.12 bits per heavy atom. The first-order valence-electron chi connectivity index (χ1n) is 5.87. The van der Waals surface area contributed by atoms with Gasteiger partial charge in [-0.15, -0.1) is 0 Å². The molecule has 0 spiro atoms. The Bertz CT molecular complexity index is 312. The van der Waals surface area contributed by atoms with Crippen LogP contribution in [0.4, 0.5) is 0 Å². The average Bonchev–Trinajstić information content (AvgIpc) is 2.85. The zero-order chi connectivity index (χ0) is 12.5. The zero-order valence-corrected chi connectivity index (χ0v) is 10.1. The number of amides is 1. The minimum atomic E-state index is -0.404. The SMILES string of the molecule is CC[C@@H](N)C(=O)NCCCOCc1ccco1. The molecule has 1 aromatic heterocycles. The van der Waals surface area contributed by atoms with Gasteiger partial charge in [-0.1, -0.05) is 6.92 Å². The van der Waals surface area contributed by atoms with Crippen molar-refractivity contribution < 1.29 is 13.9 Å². The van der Waals surface area contributed by atoms with Gasteiger partial charge < -0.3 is 20.2 Å². The molecule has 0 aliphatic carbocycles. The summed E-state index contributed by atoms with van der Waals surface area (Å²) >= 11 is 0. The second kappa shape index (κ2) is 7.86. The number of carbonyl (C=O) groups excluding carboxylic acids is 1. The highest BCUT2D eigenvalue weighted by Gasteiger charge is 2.08. The lowest BCUT2D eigenvalue weighted by Crippen LogP contribution is -2.40. The maximum atomic E-state index is 11.3. The van der Waals surface area contributed by atoms with Crippen LogP contribution in [-0.4, -0.2) is 25.1 Å². The van der Waals surface area contributed by atoms with Crippen molar-refractivity contribution in [2.24, 2.45) is 5.73 Å². The molecule has 0 aliphatic rings. The maximum absolute atomic E-state index is 11.3. The summed E-state index contributed by atoms with van der Waals surface area (Å²) in [7, 11) is 0. The number of carbonyl (C=O) groups is 1. The lowest BCUT2D eigenvalue weighted by atomic mass is 10.2. The predicted octanol–water partition coefficient (Wildman–Crippen LogP) is 1.04. The van der Waals surface area contributed by atoms with Crippen LogP contribution >= 0.6 is 0 Å². The summed E-state index contributed by atoms with van der Waals surface area (Å²) in [5.41, 5.74) is 5.57. The average molecular weight is 240 g/mol. The molecule has 0 bridgehead atoms. The Labute approximate surface area is 101 Å². The first kappa shape index (κ1) is 13.7. The lowest BCUT2D eigenvalue weighted by molar-refractivity contribution is -0.122. The van der Waals surface area contributed by atoms with E-state index in [0.29, 0.717) is 26.2 Å². The van der Waals surface area contributed by atoms with Crippen molar-refractivity contribution in [3.05, 3.63) is 24.2 Å². The van der Waals surface area contributed by atoms with E-state index in [1.807, 2.05) is 19.1 Å². The molecule has 5 nitrogen and oxygen atoms in total. The second-order valence-corrected chi connectivity index (χ2v) is 3.79. The molecular weight excluding hydrogens is 220 g/mol. The number of rotatable bonds is 8. The topological polar surface area (TPSA) is 77.5 Å². The molecule has 1 aromatic rings. The molecule has 0 unspecified atom stereocenters. The Morgan fingerprint density at radius 2 is 2.47 bits per heavy atom. The number of ether oxygens (including phenoxy) is 1. The second-order valence-electron chi connectivity index (χ2n) is 3.79. The van der Waals surface area contributed by atoms with Crippen LogP contribution < -0.4 is 11.1 Å². The van der Waals surface area contributed by atoms with Crippen molar-refractivity contribution >= 4 is 5.91 Å². The van der Waals surface area contributed by atoms with Crippen LogP contribution in [0.3, 0.4) is 0 Å². The molecule has 0 aromatic carbocycles. The molecule has 96 valence electrons. The number of hydrogen-bond acceptors (Lipinski definition) is 4. The van der Waals surface area contributed by atoms with Crippen molar-refractivity contribution in [3.8, 4) is 0 Å². The van der Waals surface area contributed by atoms with Crippen molar-refractivity contribution in [1.29, 1.82) is 0 Å². The van der Waals surface area contributed by atoms with Crippen LogP contribution in [0.25, 0.3) is 0 Å². The molecule has 1 atom stereocenters. The van der Waals surface area contributed by atoms with E-state index in [1.165, 1.54) is 0 Å². The predicted molar refractivity (Wildman–Crippen MR) is 64.3 cm³/mol. The van der Waals surface area contributed by atoms with Crippen molar-refractivity contribution in [3.63, 3.8) is 0 Å². The number of nitrogens with one attached hydrogen (secondary N) is 1. The van der Waals surface area contributed by atoms with Gasteiger partial charge in [0.05, 0.1) is 12.3 Å². The summed E-state index contributed by atoms with van der Waals surface area (Å²) < 4.78 is 10.5. The molecule has 0 saturated heterocycles. The smallest absolute Gasteiger partial charge is 0.236 e. The van der Waals surface area contributed by atoms with Gasteiger partial charge in [0, 0.05) is 13.2 Å². The van der Waals surface area contributed by atoms with Crippen LogP contribution in [0.15, 0.2) is 22.8 Å². The first-order chi connectivity index (χ1) is 8.24. The van der Waals surface area contributed by atoms with Gasteiger partial charge in [-0.25, -0.2) is 0 Å². The standard InChI is InChI=1S/C12H20N2O3/c1-2-11(13)12(15)14-6-4-7-16-9-10-5-3-8-17-10/h3,5,8,11H,2,4,6-7,9,13H2,1H3,(H,14,15)/t11-/m1/s1. The zero-order valence-electron chi connectivity index (χ0n) is 10.1. The first-order valence-corrected chi connectivity index (χ1v) is 5.87. The maximum Gasteiger partial charge on any atom is 0.236 e. The monoisotopic (exact) mass is 240 g/mol. The normalized spacial score (nSPS) is 12.4. The van der Waals surface area contributed by atoms with Crippen molar-refractivity contribution in [2.75, 3.05) is 13.2 Å². The van der Waals surface area contributed by atoms with Crippen LogP contribution in [0.5, 0.6) is 0 Å². The van der Waals surface area contributed by atoms with Crippen molar-refractivity contribution in [1.82, 2.24) is 5.32 Å². The Morgan fingerprint density at radius 1 is 1.65 bits per heavy atom. The quantitative estimate of drug-likeness (QED) is 0.665. The highest BCUT2D eigenvalue weighted by atomic mass is 16.5. The van der Waals surface area contributed by atoms with Crippen LogP contribution in [0.1, 0.15) is 25.5 Å². The fraction of sp³-hybridized carbons (Fsp3) is 0.583. The van der Waals surface area contributed by atoms with Gasteiger partial charge in [0.15, 0.2) is 0 Å². The minimum absolute atomic E-state index is 0.0986. The summed E-state index contributed by atoms with van der Waals surface area (Å²) in [5.74, 6) is 0.709. The van der Waals surface area contributed by atoms with Gasteiger partial charge in [-0.3, -0.25) is 4.79 Å². The largest absolute Gasteiger partial charge is 0.467 e.